The molecule has 112 valence electrons. The molecule has 0 unspecified atom stereocenters. The molecule has 3 nitrogen and oxygen atoms in total. The number of hydrogen-bond donors (Lipinski definition) is 2. The van der Waals surface area contributed by atoms with Crippen LogP contribution in [0, 0.1) is 5.41 Å². The first-order chi connectivity index (χ1) is 9.19. The van der Waals surface area contributed by atoms with Gasteiger partial charge in [-0.25, -0.2) is 0 Å². The molecule has 0 fully saturated rings. The second-order valence-electron chi connectivity index (χ2n) is 5.83. The number of anilines is 1. The standard InChI is InChI=1S/C14H21Cl2N3S/c1-14(2,9-19(3)4)8-17-13(20)18-12-6-5-10(15)7-11(12)16/h5-7H,8-9H2,1-4H3,(H2,17,18,20). The summed E-state index contributed by atoms with van der Waals surface area (Å²) in [7, 11) is 4.12. The van der Waals surface area contributed by atoms with Gasteiger partial charge in [-0.15, -0.1) is 0 Å². The fraction of sp³-hybridized carbons (Fsp3) is 0.500. The van der Waals surface area contributed by atoms with Gasteiger partial charge >= 0.3 is 0 Å². The Morgan fingerprint density at radius 3 is 2.50 bits per heavy atom. The highest BCUT2D eigenvalue weighted by Gasteiger charge is 2.19. The average Bonchev–Trinajstić information content (AvgIpc) is 2.29. The number of hydrogen-bond acceptors (Lipinski definition) is 2. The van der Waals surface area contributed by atoms with Crippen molar-refractivity contribution in [2.24, 2.45) is 5.41 Å². The molecule has 1 aromatic rings. The van der Waals surface area contributed by atoms with Crippen LogP contribution < -0.4 is 10.6 Å². The molecule has 0 aromatic heterocycles. The summed E-state index contributed by atoms with van der Waals surface area (Å²) in [6, 6.07) is 5.27. The van der Waals surface area contributed by atoms with Gasteiger partial charge in [0.1, 0.15) is 0 Å². The Hall–Kier alpha value is -0.550. The lowest BCUT2D eigenvalue weighted by Gasteiger charge is -2.29. The van der Waals surface area contributed by atoms with Gasteiger partial charge in [0.05, 0.1) is 10.7 Å². The van der Waals surface area contributed by atoms with Crippen LogP contribution in [0.15, 0.2) is 18.2 Å². The van der Waals surface area contributed by atoms with Gasteiger partial charge < -0.3 is 15.5 Å². The average molecular weight is 334 g/mol. The fourth-order valence-electron chi connectivity index (χ4n) is 1.99. The molecule has 0 saturated carbocycles. The smallest absolute Gasteiger partial charge is 0.170 e. The van der Waals surface area contributed by atoms with Crippen LogP contribution in [-0.4, -0.2) is 37.2 Å². The Bertz CT molecular complexity index is 475. The molecule has 0 bridgehead atoms. The first-order valence-corrected chi connectivity index (χ1v) is 7.51. The minimum Gasteiger partial charge on any atom is -0.362 e. The lowest BCUT2D eigenvalue weighted by Crippen LogP contribution is -2.41. The molecule has 0 aliphatic heterocycles. The van der Waals surface area contributed by atoms with Gasteiger partial charge in [-0.2, -0.15) is 0 Å². The van der Waals surface area contributed by atoms with Gasteiger partial charge in [0, 0.05) is 18.1 Å². The van der Waals surface area contributed by atoms with Crippen molar-refractivity contribution < 1.29 is 0 Å². The molecular weight excluding hydrogens is 313 g/mol. The van der Waals surface area contributed by atoms with E-state index in [0.717, 1.165) is 18.8 Å². The van der Waals surface area contributed by atoms with Gasteiger partial charge in [-0.05, 0) is 49.9 Å². The van der Waals surface area contributed by atoms with Crippen LogP contribution >= 0.6 is 35.4 Å². The van der Waals surface area contributed by atoms with E-state index in [1.165, 1.54) is 0 Å². The zero-order valence-electron chi connectivity index (χ0n) is 12.3. The third-order valence-electron chi connectivity index (χ3n) is 2.65. The second kappa shape index (κ2) is 7.46. The van der Waals surface area contributed by atoms with E-state index in [2.05, 4.69) is 43.5 Å². The predicted octanol–water partition coefficient (Wildman–Crippen LogP) is 3.87. The number of halogens is 2. The van der Waals surface area contributed by atoms with E-state index in [1.807, 2.05) is 6.07 Å². The molecule has 1 aromatic carbocycles. The molecular formula is C14H21Cl2N3S. The van der Waals surface area contributed by atoms with Crippen LogP contribution in [0.4, 0.5) is 5.69 Å². The van der Waals surface area contributed by atoms with Crippen LogP contribution in [-0.2, 0) is 0 Å². The normalized spacial score (nSPS) is 11.6. The van der Waals surface area contributed by atoms with Gasteiger partial charge in [-0.3, -0.25) is 0 Å². The lowest BCUT2D eigenvalue weighted by molar-refractivity contribution is 0.242. The van der Waals surface area contributed by atoms with Gasteiger partial charge in [0.15, 0.2) is 5.11 Å². The minimum absolute atomic E-state index is 0.124. The SMILES string of the molecule is CN(C)CC(C)(C)CNC(=S)Nc1ccc(Cl)cc1Cl. The molecule has 0 atom stereocenters. The number of nitrogens with zero attached hydrogens (tertiary/aromatic N) is 1. The van der Waals surface area contributed by atoms with Crippen molar-refractivity contribution in [3.05, 3.63) is 28.2 Å². The van der Waals surface area contributed by atoms with Gasteiger partial charge in [0.25, 0.3) is 0 Å². The van der Waals surface area contributed by atoms with Gasteiger partial charge in [-0.1, -0.05) is 37.0 Å². The van der Waals surface area contributed by atoms with Crippen LogP contribution in [0.3, 0.4) is 0 Å². The van der Waals surface area contributed by atoms with Gasteiger partial charge in [0.2, 0.25) is 0 Å². The van der Waals surface area contributed by atoms with E-state index >= 15 is 0 Å². The first kappa shape index (κ1) is 17.5. The molecule has 20 heavy (non-hydrogen) atoms. The third-order valence-corrected chi connectivity index (χ3v) is 3.45. The molecule has 0 heterocycles. The Kier molecular flexibility index (Phi) is 6.52. The maximum absolute atomic E-state index is 6.09. The molecule has 0 spiro atoms. The molecule has 2 N–H and O–H groups in total. The van der Waals surface area contributed by atoms with Crippen molar-refractivity contribution in [3.8, 4) is 0 Å². The summed E-state index contributed by atoms with van der Waals surface area (Å²) in [5.74, 6) is 0. The minimum atomic E-state index is 0.124. The van der Waals surface area contributed by atoms with Crippen LogP contribution in [0.2, 0.25) is 10.0 Å². The largest absolute Gasteiger partial charge is 0.362 e. The van der Waals surface area contributed by atoms with E-state index in [1.54, 1.807) is 12.1 Å². The maximum Gasteiger partial charge on any atom is 0.170 e. The quantitative estimate of drug-likeness (QED) is 0.800. The van der Waals surface area contributed by atoms with Crippen LogP contribution in [0.1, 0.15) is 13.8 Å². The molecule has 0 radical (unpaired) electrons. The molecule has 1 rings (SSSR count). The van der Waals surface area contributed by atoms with Crippen molar-refractivity contribution in [3.63, 3.8) is 0 Å². The highest BCUT2D eigenvalue weighted by atomic mass is 35.5. The highest BCUT2D eigenvalue weighted by Crippen LogP contribution is 2.25. The third kappa shape index (κ3) is 6.27. The van der Waals surface area contributed by atoms with Crippen molar-refractivity contribution in [2.45, 2.75) is 13.8 Å². The van der Waals surface area contributed by atoms with E-state index in [-0.39, 0.29) is 5.41 Å². The summed E-state index contributed by atoms with van der Waals surface area (Å²) in [4.78, 5) is 2.16. The zero-order chi connectivity index (χ0) is 15.3. The lowest BCUT2D eigenvalue weighted by atomic mass is 9.93. The Morgan fingerprint density at radius 1 is 1.30 bits per heavy atom. The number of rotatable bonds is 5. The van der Waals surface area contributed by atoms with Crippen LogP contribution in [0.25, 0.3) is 0 Å². The summed E-state index contributed by atoms with van der Waals surface area (Å²) in [6.45, 7) is 6.14. The Morgan fingerprint density at radius 2 is 1.95 bits per heavy atom. The van der Waals surface area contributed by atoms with Crippen molar-refractivity contribution >= 4 is 46.2 Å². The number of benzene rings is 1. The van der Waals surface area contributed by atoms with Crippen molar-refractivity contribution in [1.29, 1.82) is 0 Å². The van der Waals surface area contributed by atoms with Crippen molar-refractivity contribution in [2.75, 3.05) is 32.5 Å². The van der Waals surface area contributed by atoms with E-state index in [0.29, 0.717) is 15.2 Å². The molecule has 6 heteroatoms. The summed E-state index contributed by atoms with van der Waals surface area (Å²) >= 11 is 17.2. The van der Waals surface area contributed by atoms with Crippen LogP contribution in [0.5, 0.6) is 0 Å². The zero-order valence-corrected chi connectivity index (χ0v) is 14.6. The summed E-state index contributed by atoms with van der Waals surface area (Å²) in [5.41, 5.74) is 0.873. The summed E-state index contributed by atoms with van der Waals surface area (Å²) in [6.07, 6.45) is 0. The Balaban J connectivity index is 2.52. The van der Waals surface area contributed by atoms with E-state index in [9.17, 15) is 0 Å². The number of thiocarbonyl (C=S) groups is 1. The maximum atomic E-state index is 6.09. The second-order valence-corrected chi connectivity index (χ2v) is 7.09. The summed E-state index contributed by atoms with van der Waals surface area (Å²) < 4.78 is 0. The number of nitrogens with one attached hydrogen (secondary N) is 2. The predicted molar refractivity (Wildman–Crippen MR) is 93.0 cm³/mol. The van der Waals surface area contributed by atoms with E-state index < -0.39 is 0 Å². The Labute approximate surface area is 136 Å². The van der Waals surface area contributed by atoms with E-state index in [4.69, 9.17) is 35.4 Å². The monoisotopic (exact) mass is 333 g/mol. The van der Waals surface area contributed by atoms with Crippen molar-refractivity contribution in [1.82, 2.24) is 10.2 Å². The summed E-state index contributed by atoms with van der Waals surface area (Å²) in [5, 5.41) is 8.01. The first-order valence-electron chi connectivity index (χ1n) is 6.34. The molecule has 0 aliphatic carbocycles. The highest BCUT2D eigenvalue weighted by molar-refractivity contribution is 7.80. The fourth-order valence-corrected chi connectivity index (χ4v) is 2.63. The topological polar surface area (TPSA) is 27.3 Å². The molecule has 0 amide bonds. The molecule has 0 saturated heterocycles. The molecule has 0 aliphatic rings.